The molecule has 1 unspecified atom stereocenters. The lowest BCUT2D eigenvalue weighted by Gasteiger charge is -2.38. The van der Waals surface area contributed by atoms with Gasteiger partial charge in [-0.3, -0.25) is 24.7 Å². The number of piperidine rings is 1. The zero-order valence-corrected chi connectivity index (χ0v) is 21.0. The van der Waals surface area contributed by atoms with Gasteiger partial charge in [0.15, 0.2) is 0 Å². The number of allylic oxidation sites excluding steroid dienone is 3. The van der Waals surface area contributed by atoms with Gasteiger partial charge in [0.25, 0.3) is 5.91 Å². The summed E-state index contributed by atoms with van der Waals surface area (Å²) in [5.41, 5.74) is 5.03. The minimum atomic E-state index is 0.0994. The molecule has 2 aliphatic rings. The quantitative estimate of drug-likeness (QED) is 0.487. The minimum Gasteiger partial charge on any atom is -0.339 e. The third-order valence-electron chi connectivity index (χ3n) is 7.15. The maximum absolute atomic E-state index is 13.3. The van der Waals surface area contributed by atoms with Gasteiger partial charge in [-0.25, -0.2) is 0 Å². The third kappa shape index (κ3) is 5.60. The van der Waals surface area contributed by atoms with Crippen molar-refractivity contribution in [1.29, 1.82) is 0 Å². The number of hydrogen-bond donors (Lipinski definition) is 0. The zero-order valence-electron chi connectivity index (χ0n) is 21.0. The van der Waals surface area contributed by atoms with Crippen LogP contribution < -0.4 is 0 Å². The molecule has 36 heavy (non-hydrogen) atoms. The molecule has 0 spiro atoms. The van der Waals surface area contributed by atoms with E-state index in [1.807, 2.05) is 59.8 Å². The predicted molar refractivity (Wildman–Crippen MR) is 145 cm³/mol. The van der Waals surface area contributed by atoms with E-state index in [1.54, 1.807) is 6.20 Å². The number of fused-ring (bicyclic) bond motifs is 1. The van der Waals surface area contributed by atoms with Crippen LogP contribution in [0.3, 0.4) is 0 Å². The topological polar surface area (TPSA) is 61.7 Å². The number of nitrogens with zero attached hydrogens (tertiary/aromatic N) is 5. The van der Waals surface area contributed by atoms with E-state index < -0.39 is 0 Å². The van der Waals surface area contributed by atoms with Crippen LogP contribution in [0.1, 0.15) is 41.4 Å². The summed E-state index contributed by atoms with van der Waals surface area (Å²) in [5, 5.41) is 0.996. The first kappa shape index (κ1) is 24.1. The average molecular weight is 480 g/mol. The lowest BCUT2D eigenvalue weighted by atomic mass is 10.0. The molecule has 1 amide bonds. The fraction of sp³-hybridized carbons (Fsp3) is 0.333. The summed E-state index contributed by atoms with van der Waals surface area (Å²) in [6.07, 6.45) is 13.8. The molecule has 0 aliphatic carbocycles. The molecule has 6 heteroatoms. The van der Waals surface area contributed by atoms with Crippen LogP contribution in [-0.4, -0.2) is 57.6 Å². The Labute approximate surface area is 213 Å². The van der Waals surface area contributed by atoms with E-state index in [-0.39, 0.29) is 5.91 Å². The van der Waals surface area contributed by atoms with Crippen LogP contribution in [0.15, 0.2) is 83.8 Å². The molecule has 4 heterocycles. The lowest BCUT2D eigenvalue weighted by Crippen LogP contribution is -2.47. The molecule has 1 saturated heterocycles. The maximum Gasteiger partial charge on any atom is 0.253 e. The van der Waals surface area contributed by atoms with E-state index in [9.17, 15) is 4.79 Å². The number of aryl methyl sites for hydroxylation is 1. The fourth-order valence-corrected chi connectivity index (χ4v) is 5.08. The van der Waals surface area contributed by atoms with Crippen LogP contribution in [0.2, 0.25) is 0 Å². The molecule has 1 fully saturated rings. The SMILES string of the molecule is Cc1cccnc1CN(CC1=CC(C)C=CC=N1)C1CCN(C(=O)c2ccc3ncccc3c2)CC1. The number of likely N-dealkylation sites (tertiary alicyclic amines) is 1. The van der Waals surface area contributed by atoms with Gasteiger partial charge in [-0.2, -0.15) is 0 Å². The number of aliphatic imine (C=N–C) groups is 1. The van der Waals surface area contributed by atoms with Gasteiger partial charge < -0.3 is 4.90 Å². The molecule has 0 bridgehead atoms. The molecule has 0 N–H and O–H groups in total. The summed E-state index contributed by atoms with van der Waals surface area (Å²) < 4.78 is 0. The van der Waals surface area contributed by atoms with Crippen molar-refractivity contribution in [2.45, 2.75) is 39.3 Å². The van der Waals surface area contributed by atoms with Crippen LogP contribution in [-0.2, 0) is 6.54 Å². The van der Waals surface area contributed by atoms with Gasteiger partial charge in [-0.05, 0) is 67.7 Å². The summed E-state index contributed by atoms with van der Waals surface area (Å²) in [5.74, 6) is 0.458. The Bertz CT molecular complexity index is 1320. The second-order valence-electron chi connectivity index (χ2n) is 9.79. The zero-order chi connectivity index (χ0) is 24.9. The number of carbonyl (C=O) groups excluding carboxylic acids is 1. The standard InChI is InChI=1S/C30H33N5O/c1-22-6-3-13-31-26(18-22)20-35(21-29-23(2)7-4-14-33-29)27-11-16-34(17-12-27)30(36)25-9-10-28-24(19-25)8-5-15-32-28/h3-10,13-15,18-19,22,27H,11-12,16-17,20-21H2,1-2H3. The first-order chi connectivity index (χ1) is 17.6. The molecule has 6 nitrogen and oxygen atoms in total. The predicted octanol–water partition coefficient (Wildman–Crippen LogP) is 5.21. The van der Waals surface area contributed by atoms with Gasteiger partial charge in [0.1, 0.15) is 0 Å². The Balaban J connectivity index is 1.30. The fourth-order valence-electron chi connectivity index (χ4n) is 5.08. The number of pyridine rings is 2. The van der Waals surface area contributed by atoms with Crippen molar-refractivity contribution >= 4 is 23.0 Å². The van der Waals surface area contributed by atoms with Gasteiger partial charge in [0.2, 0.25) is 0 Å². The largest absolute Gasteiger partial charge is 0.339 e. The van der Waals surface area contributed by atoms with E-state index in [0.29, 0.717) is 12.0 Å². The molecule has 3 aromatic rings. The van der Waals surface area contributed by atoms with Crippen molar-refractivity contribution < 1.29 is 4.79 Å². The second kappa shape index (κ2) is 11.0. The first-order valence-electron chi connectivity index (χ1n) is 12.8. The van der Waals surface area contributed by atoms with Gasteiger partial charge in [-0.15, -0.1) is 0 Å². The summed E-state index contributed by atoms with van der Waals surface area (Å²) in [6, 6.07) is 14.2. The molecule has 5 rings (SSSR count). The van der Waals surface area contributed by atoms with E-state index in [2.05, 4.69) is 46.9 Å². The maximum atomic E-state index is 13.3. The van der Waals surface area contributed by atoms with Crippen LogP contribution in [0.4, 0.5) is 0 Å². The minimum absolute atomic E-state index is 0.0994. The van der Waals surface area contributed by atoms with Crippen molar-refractivity contribution in [3.05, 3.63) is 95.6 Å². The van der Waals surface area contributed by atoms with Gasteiger partial charge in [0, 0.05) is 61.8 Å². The number of carbonyl (C=O) groups is 1. The monoisotopic (exact) mass is 479 g/mol. The van der Waals surface area contributed by atoms with Crippen molar-refractivity contribution in [2.24, 2.45) is 10.9 Å². The number of aromatic nitrogens is 2. The average Bonchev–Trinajstić information content (AvgIpc) is 3.12. The first-order valence-corrected chi connectivity index (χ1v) is 12.8. The van der Waals surface area contributed by atoms with Gasteiger partial charge in [-0.1, -0.05) is 31.2 Å². The Morgan fingerprint density at radius 3 is 2.69 bits per heavy atom. The van der Waals surface area contributed by atoms with Crippen molar-refractivity contribution in [3.63, 3.8) is 0 Å². The Morgan fingerprint density at radius 2 is 1.86 bits per heavy atom. The lowest BCUT2D eigenvalue weighted by molar-refractivity contribution is 0.0618. The molecule has 0 radical (unpaired) electrons. The molecule has 2 aliphatic heterocycles. The second-order valence-corrected chi connectivity index (χ2v) is 9.79. The van der Waals surface area contributed by atoms with Crippen molar-refractivity contribution in [3.8, 4) is 0 Å². The van der Waals surface area contributed by atoms with E-state index in [1.165, 1.54) is 5.56 Å². The molecule has 0 saturated carbocycles. The number of amides is 1. The molecular formula is C30H33N5O. The Hall–Kier alpha value is -3.64. The van der Waals surface area contributed by atoms with Crippen LogP contribution >= 0.6 is 0 Å². The third-order valence-corrected chi connectivity index (χ3v) is 7.15. The highest BCUT2D eigenvalue weighted by atomic mass is 16.2. The summed E-state index contributed by atoms with van der Waals surface area (Å²) in [6.45, 7) is 7.34. The number of hydrogen-bond acceptors (Lipinski definition) is 5. The van der Waals surface area contributed by atoms with Crippen LogP contribution in [0.5, 0.6) is 0 Å². The highest BCUT2D eigenvalue weighted by Crippen LogP contribution is 2.24. The highest BCUT2D eigenvalue weighted by molar-refractivity contribution is 5.98. The molecule has 184 valence electrons. The summed E-state index contributed by atoms with van der Waals surface area (Å²) in [4.78, 5) is 31.5. The summed E-state index contributed by atoms with van der Waals surface area (Å²) in [7, 11) is 0. The van der Waals surface area contributed by atoms with Crippen LogP contribution in [0, 0.1) is 12.8 Å². The highest BCUT2D eigenvalue weighted by Gasteiger charge is 2.28. The molecule has 1 atom stereocenters. The molecule has 1 aromatic carbocycles. The van der Waals surface area contributed by atoms with Gasteiger partial charge >= 0.3 is 0 Å². The van der Waals surface area contributed by atoms with Crippen molar-refractivity contribution in [1.82, 2.24) is 19.8 Å². The smallest absolute Gasteiger partial charge is 0.253 e. The van der Waals surface area contributed by atoms with Crippen molar-refractivity contribution in [2.75, 3.05) is 19.6 Å². The Morgan fingerprint density at radius 1 is 1.06 bits per heavy atom. The molecule has 2 aromatic heterocycles. The molecular weight excluding hydrogens is 446 g/mol. The summed E-state index contributed by atoms with van der Waals surface area (Å²) >= 11 is 0. The van der Waals surface area contributed by atoms with E-state index >= 15 is 0 Å². The Kier molecular flexibility index (Phi) is 7.33. The number of rotatable bonds is 6. The van der Waals surface area contributed by atoms with E-state index in [0.717, 1.165) is 66.9 Å². The normalized spacial score (nSPS) is 18.5. The van der Waals surface area contributed by atoms with Gasteiger partial charge in [0.05, 0.1) is 16.9 Å². The number of benzene rings is 1. The van der Waals surface area contributed by atoms with Crippen LogP contribution in [0.25, 0.3) is 10.9 Å². The van der Waals surface area contributed by atoms with E-state index in [4.69, 9.17) is 4.99 Å².